The lowest BCUT2D eigenvalue weighted by atomic mass is 10.0. The molecule has 0 aliphatic heterocycles. The Bertz CT molecular complexity index is 1310. The van der Waals surface area contributed by atoms with Crippen LogP contribution in [0.3, 0.4) is 0 Å². The third-order valence-corrected chi connectivity index (χ3v) is 7.04. The smallest absolute Gasteiger partial charge is 0.220 e. The van der Waals surface area contributed by atoms with E-state index in [0.717, 1.165) is 0 Å². The second-order valence-corrected chi connectivity index (χ2v) is 9.90. The van der Waals surface area contributed by atoms with Crippen LogP contribution >= 0.6 is 34.8 Å². The first kappa shape index (κ1) is 30.3. The number of nitrogens with one attached hydrogen (secondary N) is 1. The van der Waals surface area contributed by atoms with Crippen molar-refractivity contribution in [3.63, 3.8) is 0 Å². The van der Waals surface area contributed by atoms with Crippen molar-refractivity contribution < 1.29 is 14.0 Å². The van der Waals surface area contributed by atoms with Crippen molar-refractivity contribution in [1.82, 2.24) is 15.2 Å². The van der Waals surface area contributed by atoms with Crippen LogP contribution in [0.25, 0.3) is 5.57 Å². The van der Waals surface area contributed by atoms with Crippen molar-refractivity contribution in [1.29, 1.82) is 0 Å². The number of benzene rings is 1. The van der Waals surface area contributed by atoms with Gasteiger partial charge in [-0.3, -0.25) is 19.5 Å². The molecule has 0 radical (unpaired) electrons. The number of anilines is 2. The molecule has 3 rings (SSSR count). The van der Waals surface area contributed by atoms with Gasteiger partial charge in [-0.25, -0.2) is 9.37 Å². The molecule has 1 aliphatic rings. The number of nitrogens with zero attached hydrogens (tertiary/aromatic N) is 4. The second kappa shape index (κ2) is 14.3. The van der Waals surface area contributed by atoms with Crippen LogP contribution in [0.15, 0.2) is 59.9 Å². The normalized spacial score (nSPS) is 14.2. The van der Waals surface area contributed by atoms with Crippen LogP contribution in [-0.2, 0) is 9.59 Å². The summed E-state index contributed by atoms with van der Waals surface area (Å²) in [7, 11) is 1.60. The molecular formula is C28H29Cl3FN5O2. The predicted molar refractivity (Wildman–Crippen MR) is 158 cm³/mol. The lowest BCUT2D eigenvalue weighted by Gasteiger charge is -2.33. The van der Waals surface area contributed by atoms with Crippen LogP contribution in [0.4, 0.5) is 15.9 Å². The molecule has 1 atom stereocenters. The summed E-state index contributed by atoms with van der Waals surface area (Å²) in [4.78, 5) is 36.1. The zero-order valence-electron chi connectivity index (χ0n) is 21.6. The van der Waals surface area contributed by atoms with Crippen molar-refractivity contribution in [2.45, 2.75) is 32.2 Å². The molecule has 2 amide bonds. The first-order valence-corrected chi connectivity index (χ1v) is 13.4. The van der Waals surface area contributed by atoms with Crippen molar-refractivity contribution in [3.05, 3.63) is 81.2 Å². The van der Waals surface area contributed by atoms with Gasteiger partial charge in [-0.1, -0.05) is 53.0 Å². The molecule has 0 bridgehead atoms. The summed E-state index contributed by atoms with van der Waals surface area (Å²) in [6.07, 6.45) is 7.90. The van der Waals surface area contributed by atoms with E-state index in [4.69, 9.17) is 39.8 Å². The number of carbonyl (C=O) groups excluding carboxylic acids is 2. The molecule has 0 saturated carbocycles. The largest absolute Gasteiger partial charge is 0.357 e. The number of allylic oxidation sites excluding steroid dienone is 4. The Kier molecular flexibility index (Phi) is 11.1. The Labute approximate surface area is 242 Å². The van der Waals surface area contributed by atoms with Gasteiger partial charge in [0.1, 0.15) is 11.7 Å². The van der Waals surface area contributed by atoms with Crippen molar-refractivity contribution in [3.8, 4) is 0 Å². The number of rotatable bonds is 12. The van der Waals surface area contributed by atoms with Crippen LogP contribution in [0, 0.1) is 0 Å². The molecule has 11 heteroatoms. The van der Waals surface area contributed by atoms with Gasteiger partial charge < -0.3 is 10.2 Å². The SMILES string of the molecule is C=CCCN(C(=NC)c1cc(Cl)c(C2=CCCC=C2F)nc1N(C=O)c1c(Cl)cccc1Cl)C(C)CNC=O. The number of carbonyl (C=O) groups is 2. The van der Waals surface area contributed by atoms with E-state index in [1.54, 1.807) is 43.5 Å². The Morgan fingerprint density at radius 2 is 1.90 bits per heavy atom. The molecule has 0 saturated heterocycles. The molecule has 0 fully saturated rings. The minimum Gasteiger partial charge on any atom is -0.357 e. The number of halogens is 4. The van der Waals surface area contributed by atoms with Crippen molar-refractivity contribution in [2.75, 3.05) is 25.0 Å². The van der Waals surface area contributed by atoms with E-state index in [9.17, 15) is 14.0 Å². The zero-order chi connectivity index (χ0) is 28.5. The molecule has 1 unspecified atom stereocenters. The molecule has 1 aromatic heterocycles. The molecule has 39 heavy (non-hydrogen) atoms. The fraction of sp³-hybridized carbons (Fsp3) is 0.286. The van der Waals surface area contributed by atoms with Crippen molar-refractivity contribution in [2.24, 2.45) is 4.99 Å². The summed E-state index contributed by atoms with van der Waals surface area (Å²) < 4.78 is 14.9. The van der Waals surface area contributed by atoms with Crippen LogP contribution in [0.5, 0.6) is 0 Å². The Morgan fingerprint density at radius 3 is 2.49 bits per heavy atom. The van der Waals surface area contributed by atoms with Gasteiger partial charge in [0.15, 0.2) is 5.82 Å². The monoisotopic (exact) mass is 591 g/mol. The van der Waals surface area contributed by atoms with E-state index in [-0.39, 0.29) is 43.9 Å². The number of aliphatic imine (C=N–C) groups is 1. The van der Waals surface area contributed by atoms with Gasteiger partial charge in [0.25, 0.3) is 0 Å². The number of aromatic nitrogens is 1. The highest BCUT2D eigenvalue weighted by atomic mass is 35.5. The average molecular weight is 593 g/mol. The van der Waals surface area contributed by atoms with Crippen LogP contribution in [-0.4, -0.2) is 54.7 Å². The van der Waals surface area contributed by atoms with Gasteiger partial charge in [-0.2, -0.15) is 0 Å². The van der Waals surface area contributed by atoms with Crippen LogP contribution < -0.4 is 10.2 Å². The Balaban J connectivity index is 2.32. The number of amidine groups is 1. The molecule has 1 aliphatic carbocycles. The average Bonchev–Trinajstić information content (AvgIpc) is 2.92. The van der Waals surface area contributed by atoms with E-state index < -0.39 is 5.83 Å². The van der Waals surface area contributed by atoms with Gasteiger partial charge in [0, 0.05) is 31.8 Å². The summed E-state index contributed by atoms with van der Waals surface area (Å²) >= 11 is 19.7. The van der Waals surface area contributed by atoms with Crippen LogP contribution in [0.2, 0.25) is 15.1 Å². The van der Waals surface area contributed by atoms with Gasteiger partial charge in [-0.15, -0.1) is 6.58 Å². The number of amides is 2. The van der Waals surface area contributed by atoms with E-state index >= 15 is 0 Å². The van der Waals surface area contributed by atoms with E-state index in [1.165, 1.54) is 11.0 Å². The number of hydrogen-bond acceptors (Lipinski definition) is 4. The lowest BCUT2D eigenvalue weighted by Crippen LogP contribution is -2.45. The van der Waals surface area contributed by atoms with Gasteiger partial charge >= 0.3 is 0 Å². The van der Waals surface area contributed by atoms with E-state index in [0.29, 0.717) is 56.6 Å². The summed E-state index contributed by atoms with van der Waals surface area (Å²) in [6, 6.07) is 6.24. The first-order valence-electron chi connectivity index (χ1n) is 12.3. The Morgan fingerprint density at radius 1 is 1.21 bits per heavy atom. The standard InChI is InChI=1S/C28H29Cl3FN5O2/c1-4-5-13-36(18(2)15-34-16-38)27(33-3)20-14-23(31)25(19-9-6-7-12-24(19)32)35-28(20)37(17-39)26-21(29)10-8-11-22(26)30/h4,8-12,14,16-18H,1,5-7,13,15H2,2-3H3,(H,34,38). The molecule has 0 spiro atoms. The quantitative estimate of drug-likeness (QED) is 0.128. The maximum atomic E-state index is 14.9. The van der Waals surface area contributed by atoms with Gasteiger partial charge in [0.2, 0.25) is 12.8 Å². The molecule has 206 valence electrons. The minimum atomic E-state index is -0.451. The third kappa shape index (κ3) is 6.87. The van der Waals surface area contributed by atoms with Gasteiger partial charge in [0.05, 0.1) is 32.0 Å². The van der Waals surface area contributed by atoms with Crippen molar-refractivity contribution >= 4 is 70.5 Å². The topological polar surface area (TPSA) is 77.9 Å². The number of pyridine rings is 1. The molecule has 7 nitrogen and oxygen atoms in total. The third-order valence-electron chi connectivity index (χ3n) is 6.15. The highest BCUT2D eigenvalue weighted by molar-refractivity contribution is 6.40. The maximum Gasteiger partial charge on any atom is 0.220 e. The minimum absolute atomic E-state index is 0.110. The second-order valence-electron chi connectivity index (χ2n) is 8.68. The van der Waals surface area contributed by atoms with Gasteiger partial charge in [-0.05, 0) is 50.5 Å². The fourth-order valence-electron chi connectivity index (χ4n) is 4.30. The molecule has 1 N–H and O–H groups in total. The summed E-state index contributed by atoms with van der Waals surface area (Å²) in [5.74, 6) is 0.100. The lowest BCUT2D eigenvalue weighted by molar-refractivity contribution is -0.109. The highest BCUT2D eigenvalue weighted by Crippen LogP contribution is 2.41. The summed E-state index contributed by atoms with van der Waals surface area (Å²) in [6.45, 7) is 6.55. The number of para-hydroxylation sites is 1. The van der Waals surface area contributed by atoms with E-state index in [2.05, 4.69) is 16.9 Å². The predicted octanol–water partition coefficient (Wildman–Crippen LogP) is 6.76. The molecule has 2 aromatic rings. The van der Waals surface area contributed by atoms with Crippen LogP contribution in [0.1, 0.15) is 37.4 Å². The molecule has 1 aromatic carbocycles. The highest BCUT2D eigenvalue weighted by Gasteiger charge is 2.29. The Hall–Kier alpha value is -3.20. The fourth-order valence-corrected chi connectivity index (χ4v) is 5.13. The first-order chi connectivity index (χ1) is 18.8. The molecular weight excluding hydrogens is 564 g/mol. The molecule has 1 heterocycles. The van der Waals surface area contributed by atoms with E-state index in [1.807, 2.05) is 11.8 Å². The summed E-state index contributed by atoms with van der Waals surface area (Å²) in [5, 5.41) is 3.29. The number of hydrogen-bond donors (Lipinski definition) is 1. The zero-order valence-corrected chi connectivity index (χ0v) is 23.9. The summed E-state index contributed by atoms with van der Waals surface area (Å²) in [5.41, 5.74) is 0.993. The maximum absolute atomic E-state index is 14.9.